The third-order valence-electron chi connectivity index (χ3n) is 5.99. The number of hydrogen-bond acceptors (Lipinski definition) is 6. The number of methoxy groups -OCH3 is 1. The summed E-state index contributed by atoms with van der Waals surface area (Å²) in [6.07, 6.45) is 2.32. The molecule has 1 N–H and O–H groups in total. The SMILES string of the molecule is COc1ccc(NC(=O)c2nnc3n2C[C@H]2CN(C(=O)c4ccccn4)C[C@H]2C3)cc1. The first-order chi connectivity index (χ1) is 15.1. The van der Waals surface area contributed by atoms with E-state index in [0.717, 1.165) is 11.6 Å². The summed E-state index contributed by atoms with van der Waals surface area (Å²) in [5.41, 5.74) is 1.12. The number of hydrogen-bond donors (Lipinski definition) is 1. The molecule has 1 saturated heterocycles. The fourth-order valence-corrected chi connectivity index (χ4v) is 4.37. The average molecular weight is 418 g/mol. The van der Waals surface area contributed by atoms with Gasteiger partial charge in [-0.25, -0.2) is 0 Å². The maximum absolute atomic E-state index is 12.8. The van der Waals surface area contributed by atoms with E-state index < -0.39 is 0 Å². The number of aromatic nitrogens is 4. The van der Waals surface area contributed by atoms with Crippen LogP contribution in [0.15, 0.2) is 48.7 Å². The van der Waals surface area contributed by atoms with Crippen LogP contribution in [-0.4, -0.2) is 56.7 Å². The van der Waals surface area contributed by atoms with Crippen LogP contribution >= 0.6 is 0 Å². The summed E-state index contributed by atoms with van der Waals surface area (Å²) in [5.74, 6) is 2.00. The Kier molecular flexibility index (Phi) is 4.85. The van der Waals surface area contributed by atoms with Gasteiger partial charge in [0.15, 0.2) is 0 Å². The molecule has 2 amide bonds. The minimum absolute atomic E-state index is 0.0526. The van der Waals surface area contributed by atoms with Crippen molar-refractivity contribution in [2.24, 2.45) is 11.8 Å². The van der Waals surface area contributed by atoms with Crippen LogP contribution in [0.1, 0.15) is 26.9 Å². The highest BCUT2D eigenvalue weighted by Gasteiger charge is 2.41. The highest BCUT2D eigenvalue weighted by Crippen LogP contribution is 2.33. The van der Waals surface area contributed by atoms with Gasteiger partial charge in [0.2, 0.25) is 5.82 Å². The fourth-order valence-electron chi connectivity index (χ4n) is 4.37. The van der Waals surface area contributed by atoms with Gasteiger partial charge in [0.1, 0.15) is 17.3 Å². The predicted molar refractivity (Wildman–Crippen MR) is 112 cm³/mol. The molecule has 2 aliphatic rings. The van der Waals surface area contributed by atoms with Crippen LogP contribution in [0.3, 0.4) is 0 Å². The largest absolute Gasteiger partial charge is 0.497 e. The lowest BCUT2D eigenvalue weighted by Crippen LogP contribution is -2.31. The molecule has 0 aliphatic carbocycles. The normalized spacial score (nSPS) is 19.5. The molecule has 0 spiro atoms. The first kappa shape index (κ1) is 19.2. The van der Waals surface area contributed by atoms with Crippen molar-refractivity contribution in [2.45, 2.75) is 13.0 Å². The van der Waals surface area contributed by atoms with Gasteiger partial charge in [-0.2, -0.15) is 0 Å². The third kappa shape index (κ3) is 3.63. The number of pyridine rings is 1. The van der Waals surface area contributed by atoms with Gasteiger partial charge in [-0.3, -0.25) is 14.6 Å². The second-order valence-corrected chi connectivity index (χ2v) is 7.88. The summed E-state index contributed by atoms with van der Waals surface area (Å²) in [6.45, 7) is 1.92. The molecule has 1 aromatic carbocycles. The Morgan fingerprint density at radius 3 is 2.58 bits per heavy atom. The maximum atomic E-state index is 12.8. The third-order valence-corrected chi connectivity index (χ3v) is 5.99. The second-order valence-electron chi connectivity index (χ2n) is 7.88. The minimum Gasteiger partial charge on any atom is -0.497 e. The number of amides is 2. The molecule has 0 radical (unpaired) electrons. The van der Waals surface area contributed by atoms with E-state index >= 15 is 0 Å². The minimum atomic E-state index is -0.304. The standard InChI is InChI=1S/C22H22N6O3/c1-31-17-7-5-16(6-8-17)24-21(29)20-26-25-19-10-14-11-27(12-15(14)13-28(19)20)22(30)18-4-2-3-9-23-18/h2-9,14-15H,10-13H2,1H3,(H,24,29)/t14-,15-/m1/s1. The number of nitrogens with zero attached hydrogens (tertiary/aromatic N) is 5. The monoisotopic (exact) mass is 418 g/mol. The number of ether oxygens (including phenoxy) is 1. The summed E-state index contributed by atoms with van der Waals surface area (Å²) in [5, 5.41) is 11.3. The van der Waals surface area contributed by atoms with Crippen molar-refractivity contribution in [3.8, 4) is 5.75 Å². The van der Waals surface area contributed by atoms with Crippen LogP contribution in [0, 0.1) is 11.8 Å². The van der Waals surface area contributed by atoms with E-state index in [1.807, 2.05) is 15.5 Å². The molecule has 4 heterocycles. The summed E-state index contributed by atoms with van der Waals surface area (Å²) in [7, 11) is 1.59. The number of likely N-dealkylation sites (tertiary alicyclic amines) is 1. The predicted octanol–water partition coefficient (Wildman–Crippen LogP) is 1.88. The van der Waals surface area contributed by atoms with Gasteiger partial charge >= 0.3 is 0 Å². The summed E-state index contributed by atoms with van der Waals surface area (Å²) < 4.78 is 7.03. The van der Waals surface area contributed by atoms with Gasteiger partial charge in [-0.05, 0) is 48.2 Å². The molecule has 0 unspecified atom stereocenters. The van der Waals surface area contributed by atoms with Crippen molar-refractivity contribution in [1.82, 2.24) is 24.6 Å². The lowest BCUT2D eigenvalue weighted by molar-refractivity contribution is 0.0777. The van der Waals surface area contributed by atoms with Crippen molar-refractivity contribution in [3.63, 3.8) is 0 Å². The number of benzene rings is 1. The van der Waals surface area contributed by atoms with Crippen molar-refractivity contribution < 1.29 is 14.3 Å². The zero-order valence-electron chi connectivity index (χ0n) is 17.1. The van der Waals surface area contributed by atoms with E-state index in [1.54, 1.807) is 49.7 Å². The topological polar surface area (TPSA) is 102 Å². The van der Waals surface area contributed by atoms with E-state index in [1.165, 1.54) is 0 Å². The molecular formula is C22H22N6O3. The van der Waals surface area contributed by atoms with Crippen LogP contribution in [0.4, 0.5) is 5.69 Å². The Morgan fingerprint density at radius 2 is 1.84 bits per heavy atom. The molecule has 5 rings (SSSR count). The van der Waals surface area contributed by atoms with Crippen LogP contribution in [0.5, 0.6) is 5.75 Å². The summed E-state index contributed by atoms with van der Waals surface area (Å²) in [6, 6.07) is 12.5. The number of nitrogens with one attached hydrogen (secondary N) is 1. The maximum Gasteiger partial charge on any atom is 0.293 e. The van der Waals surface area contributed by atoms with Gasteiger partial charge in [0.25, 0.3) is 11.8 Å². The Hall–Kier alpha value is -3.75. The molecule has 2 atom stereocenters. The number of anilines is 1. The van der Waals surface area contributed by atoms with Crippen molar-refractivity contribution in [1.29, 1.82) is 0 Å². The number of carbonyl (C=O) groups is 2. The molecule has 2 aromatic heterocycles. The molecule has 9 nitrogen and oxygen atoms in total. The lowest BCUT2D eigenvalue weighted by atomic mass is 9.89. The highest BCUT2D eigenvalue weighted by molar-refractivity contribution is 6.01. The van der Waals surface area contributed by atoms with Gasteiger partial charge < -0.3 is 19.5 Å². The van der Waals surface area contributed by atoms with Gasteiger partial charge in [0.05, 0.1) is 7.11 Å². The first-order valence-corrected chi connectivity index (χ1v) is 10.2. The van der Waals surface area contributed by atoms with E-state index in [2.05, 4.69) is 20.5 Å². The van der Waals surface area contributed by atoms with Gasteiger partial charge in [0, 0.05) is 37.9 Å². The molecule has 31 heavy (non-hydrogen) atoms. The zero-order valence-corrected chi connectivity index (χ0v) is 17.1. The van der Waals surface area contributed by atoms with E-state index in [9.17, 15) is 9.59 Å². The molecule has 2 aliphatic heterocycles. The van der Waals surface area contributed by atoms with Crippen LogP contribution in [0.25, 0.3) is 0 Å². The molecule has 158 valence electrons. The quantitative estimate of drug-likeness (QED) is 0.694. The lowest BCUT2D eigenvalue weighted by Gasteiger charge is -2.25. The Morgan fingerprint density at radius 1 is 1.03 bits per heavy atom. The van der Waals surface area contributed by atoms with Crippen LogP contribution < -0.4 is 10.1 Å². The molecule has 9 heteroatoms. The van der Waals surface area contributed by atoms with E-state index in [-0.39, 0.29) is 17.7 Å². The fraction of sp³-hybridized carbons (Fsp3) is 0.318. The molecular weight excluding hydrogens is 396 g/mol. The van der Waals surface area contributed by atoms with E-state index in [0.29, 0.717) is 49.2 Å². The molecule has 0 saturated carbocycles. The number of carbonyl (C=O) groups excluding carboxylic acids is 2. The molecule has 1 fully saturated rings. The highest BCUT2D eigenvalue weighted by atomic mass is 16.5. The second kappa shape index (κ2) is 7.82. The van der Waals surface area contributed by atoms with Crippen molar-refractivity contribution in [2.75, 3.05) is 25.5 Å². The Bertz CT molecular complexity index is 1110. The Labute approximate surface area is 179 Å². The van der Waals surface area contributed by atoms with Crippen LogP contribution in [0.2, 0.25) is 0 Å². The summed E-state index contributed by atoms with van der Waals surface area (Å²) in [4.78, 5) is 31.6. The molecule has 3 aromatic rings. The number of fused-ring (bicyclic) bond motifs is 2. The molecule has 0 bridgehead atoms. The zero-order chi connectivity index (χ0) is 21.4. The summed E-state index contributed by atoms with van der Waals surface area (Å²) >= 11 is 0. The van der Waals surface area contributed by atoms with Gasteiger partial charge in [-0.1, -0.05) is 6.07 Å². The van der Waals surface area contributed by atoms with Crippen molar-refractivity contribution in [3.05, 3.63) is 66.0 Å². The average Bonchev–Trinajstić information content (AvgIpc) is 3.41. The number of rotatable bonds is 4. The van der Waals surface area contributed by atoms with Crippen molar-refractivity contribution >= 4 is 17.5 Å². The van der Waals surface area contributed by atoms with E-state index in [4.69, 9.17) is 4.74 Å². The smallest absolute Gasteiger partial charge is 0.293 e. The first-order valence-electron chi connectivity index (χ1n) is 10.2. The van der Waals surface area contributed by atoms with Crippen LogP contribution in [-0.2, 0) is 13.0 Å². The van der Waals surface area contributed by atoms with Gasteiger partial charge in [-0.15, -0.1) is 10.2 Å². The Balaban J connectivity index is 1.29.